The van der Waals surface area contributed by atoms with E-state index in [-0.39, 0.29) is 0 Å². The molecule has 2 aromatic heterocycles. The minimum Gasteiger partial charge on any atom is -0.457 e. The molecule has 0 unspecified atom stereocenters. The number of aromatic nitrogens is 4. The SMILES string of the molecule is Cc1cc(C)c(-c2c(-c3ccccc3)nn(-c3cccc(Oc4cccc(-c5nccn5C)c4)c3)c2-c2ccccc2)c(C)c1. The van der Waals surface area contributed by atoms with E-state index in [1.54, 1.807) is 6.20 Å². The Labute approximate surface area is 264 Å². The van der Waals surface area contributed by atoms with Crippen molar-refractivity contribution in [2.75, 3.05) is 0 Å². The molecule has 5 heteroatoms. The number of benzene rings is 5. The highest BCUT2D eigenvalue weighted by atomic mass is 16.5. The van der Waals surface area contributed by atoms with Gasteiger partial charge >= 0.3 is 0 Å². The smallest absolute Gasteiger partial charge is 0.139 e. The lowest BCUT2D eigenvalue weighted by atomic mass is 9.89. The van der Waals surface area contributed by atoms with Crippen LogP contribution in [0.15, 0.2) is 134 Å². The topological polar surface area (TPSA) is 44.9 Å². The van der Waals surface area contributed by atoms with Crippen molar-refractivity contribution in [3.8, 4) is 62.2 Å². The lowest BCUT2D eigenvalue weighted by Gasteiger charge is -2.16. The van der Waals surface area contributed by atoms with Crippen LogP contribution in [-0.4, -0.2) is 19.3 Å². The fraction of sp³-hybridized carbons (Fsp3) is 0.100. The van der Waals surface area contributed by atoms with E-state index in [0.717, 1.165) is 56.7 Å². The van der Waals surface area contributed by atoms with E-state index in [1.165, 1.54) is 22.3 Å². The Kier molecular flexibility index (Phi) is 7.36. The molecule has 0 atom stereocenters. The molecule has 0 aliphatic carbocycles. The van der Waals surface area contributed by atoms with Crippen LogP contribution in [0.4, 0.5) is 0 Å². The number of hydrogen-bond donors (Lipinski definition) is 0. The first-order chi connectivity index (χ1) is 22.0. The second kappa shape index (κ2) is 11.8. The van der Waals surface area contributed by atoms with Crippen molar-refractivity contribution >= 4 is 0 Å². The van der Waals surface area contributed by atoms with Crippen molar-refractivity contribution in [2.24, 2.45) is 7.05 Å². The van der Waals surface area contributed by atoms with Gasteiger partial charge in [-0.1, -0.05) is 96.6 Å². The van der Waals surface area contributed by atoms with E-state index in [0.29, 0.717) is 0 Å². The number of aryl methyl sites for hydroxylation is 4. The molecule has 7 rings (SSSR count). The van der Waals surface area contributed by atoms with E-state index in [2.05, 4.69) is 109 Å². The van der Waals surface area contributed by atoms with Crippen LogP contribution in [0.3, 0.4) is 0 Å². The molecule has 220 valence electrons. The summed E-state index contributed by atoms with van der Waals surface area (Å²) in [5.74, 6) is 2.36. The summed E-state index contributed by atoms with van der Waals surface area (Å²) in [6.45, 7) is 6.55. The second-order valence-corrected chi connectivity index (χ2v) is 11.5. The zero-order valence-electron chi connectivity index (χ0n) is 25.9. The van der Waals surface area contributed by atoms with E-state index in [1.807, 2.05) is 60.3 Å². The highest BCUT2D eigenvalue weighted by molar-refractivity contribution is 5.94. The summed E-state index contributed by atoms with van der Waals surface area (Å²) in [5, 5.41) is 5.36. The number of hydrogen-bond acceptors (Lipinski definition) is 3. The third-order valence-electron chi connectivity index (χ3n) is 8.12. The van der Waals surface area contributed by atoms with Gasteiger partial charge in [0.1, 0.15) is 23.0 Å². The van der Waals surface area contributed by atoms with Crippen molar-refractivity contribution in [3.63, 3.8) is 0 Å². The Hall–Kier alpha value is -5.68. The maximum Gasteiger partial charge on any atom is 0.139 e. The minimum absolute atomic E-state index is 0.726. The van der Waals surface area contributed by atoms with E-state index in [4.69, 9.17) is 9.84 Å². The van der Waals surface area contributed by atoms with Gasteiger partial charge in [0.05, 0.1) is 11.4 Å². The number of rotatable bonds is 7. The predicted molar refractivity (Wildman–Crippen MR) is 183 cm³/mol. The van der Waals surface area contributed by atoms with Gasteiger partial charge in [-0.3, -0.25) is 0 Å². The maximum atomic E-state index is 6.44. The molecule has 5 aromatic carbocycles. The van der Waals surface area contributed by atoms with Crippen molar-refractivity contribution in [1.29, 1.82) is 0 Å². The Morgan fingerprint density at radius 1 is 0.600 bits per heavy atom. The molecule has 0 bridgehead atoms. The first-order valence-electron chi connectivity index (χ1n) is 15.1. The van der Waals surface area contributed by atoms with Crippen LogP contribution in [0, 0.1) is 20.8 Å². The van der Waals surface area contributed by atoms with Crippen molar-refractivity contribution in [3.05, 3.63) is 150 Å². The molecule has 0 spiro atoms. The third kappa shape index (κ3) is 5.45. The van der Waals surface area contributed by atoms with Gasteiger partial charge in [0.15, 0.2) is 0 Å². The molecule has 0 amide bonds. The van der Waals surface area contributed by atoms with Crippen LogP contribution in [0.5, 0.6) is 11.5 Å². The zero-order chi connectivity index (χ0) is 30.9. The Bertz CT molecular complexity index is 2100. The Morgan fingerprint density at radius 2 is 1.22 bits per heavy atom. The first kappa shape index (κ1) is 28.1. The minimum atomic E-state index is 0.726. The van der Waals surface area contributed by atoms with Crippen LogP contribution < -0.4 is 4.74 Å². The summed E-state index contributed by atoms with van der Waals surface area (Å²) in [6.07, 6.45) is 3.75. The molecule has 7 aromatic rings. The second-order valence-electron chi connectivity index (χ2n) is 11.5. The lowest BCUT2D eigenvalue weighted by molar-refractivity contribution is 0.482. The Balaban J connectivity index is 1.41. The van der Waals surface area contributed by atoms with Crippen molar-refractivity contribution < 1.29 is 4.74 Å². The molecule has 5 nitrogen and oxygen atoms in total. The zero-order valence-corrected chi connectivity index (χ0v) is 25.9. The Morgan fingerprint density at radius 3 is 1.89 bits per heavy atom. The molecule has 0 aliphatic rings. The van der Waals surface area contributed by atoms with Gasteiger partial charge in [0.2, 0.25) is 0 Å². The average molecular weight is 587 g/mol. The molecule has 0 fully saturated rings. The summed E-state index contributed by atoms with van der Waals surface area (Å²) in [4.78, 5) is 4.50. The van der Waals surface area contributed by atoms with Crippen molar-refractivity contribution in [1.82, 2.24) is 19.3 Å². The summed E-state index contributed by atoms with van der Waals surface area (Å²) in [7, 11) is 1.99. The molecular formula is C40H34N4O. The highest BCUT2D eigenvalue weighted by Gasteiger charge is 2.25. The molecule has 0 radical (unpaired) electrons. The van der Waals surface area contributed by atoms with Crippen molar-refractivity contribution in [2.45, 2.75) is 20.8 Å². The summed E-state index contributed by atoms with van der Waals surface area (Å²) in [5.41, 5.74) is 12.1. The third-order valence-corrected chi connectivity index (χ3v) is 8.12. The van der Waals surface area contributed by atoms with Gasteiger partial charge in [-0.25, -0.2) is 9.67 Å². The molecule has 0 saturated carbocycles. The van der Waals surface area contributed by atoms with E-state index < -0.39 is 0 Å². The van der Waals surface area contributed by atoms with Gasteiger partial charge in [-0.2, -0.15) is 5.10 Å². The average Bonchev–Trinajstić information content (AvgIpc) is 3.66. The fourth-order valence-corrected chi connectivity index (χ4v) is 6.23. The predicted octanol–water partition coefficient (Wildman–Crippen LogP) is 9.99. The van der Waals surface area contributed by atoms with E-state index in [9.17, 15) is 0 Å². The summed E-state index contributed by atoms with van der Waals surface area (Å²) >= 11 is 0. The molecular weight excluding hydrogens is 552 g/mol. The first-order valence-corrected chi connectivity index (χ1v) is 15.1. The van der Waals surface area contributed by atoms with Crippen LogP contribution in [0.2, 0.25) is 0 Å². The lowest BCUT2D eigenvalue weighted by Crippen LogP contribution is -2.00. The maximum absolute atomic E-state index is 6.44. The summed E-state index contributed by atoms with van der Waals surface area (Å²) < 4.78 is 10.5. The molecule has 0 saturated heterocycles. The molecule has 0 N–H and O–H groups in total. The number of ether oxygens (including phenoxy) is 1. The highest BCUT2D eigenvalue weighted by Crippen LogP contribution is 2.44. The van der Waals surface area contributed by atoms with Crippen LogP contribution in [-0.2, 0) is 7.05 Å². The standard InChI is InChI=1S/C40H34N4O/c1-27-23-28(2)36(29(3)24-27)37-38(30-13-7-5-8-14-30)42-44(39(37)31-15-9-6-10-16-31)33-18-12-20-35(26-33)45-34-19-11-17-32(25-34)40-41-21-22-43(40)4/h5-26H,1-4H3. The molecule has 45 heavy (non-hydrogen) atoms. The van der Waals surface area contributed by atoms with Crippen LogP contribution >= 0.6 is 0 Å². The molecule has 0 aliphatic heterocycles. The summed E-state index contributed by atoms with van der Waals surface area (Å²) in [6, 6.07) is 41.7. The molecule has 2 heterocycles. The van der Waals surface area contributed by atoms with Gasteiger partial charge < -0.3 is 9.30 Å². The van der Waals surface area contributed by atoms with Gasteiger partial charge in [0.25, 0.3) is 0 Å². The van der Waals surface area contributed by atoms with Crippen LogP contribution in [0.1, 0.15) is 16.7 Å². The quantitative estimate of drug-likeness (QED) is 0.187. The van der Waals surface area contributed by atoms with Gasteiger partial charge in [0, 0.05) is 47.8 Å². The fourth-order valence-electron chi connectivity index (χ4n) is 6.23. The van der Waals surface area contributed by atoms with Gasteiger partial charge in [-0.05, 0) is 61.7 Å². The van der Waals surface area contributed by atoms with Gasteiger partial charge in [-0.15, -0.1) is 0 Å². The van der Waals surface area contributed by atoms with Crippen LogP contribution in [0.25, 0.3) is 50.7 Å². The number of imidazole rings is 1. The number of nitrogens with zero attached hydrogens (tertiary/aromatic N) is 4. The van der Waals surface area contributed by atoms with E-state index >= 15 is 0 Å². The largest absolute Gasteiger partial charge is 0.457 e. The monoisotopic (exact) mass is 586 g/mol. The normalized spacial score (nSPS) is 11.1.